The summed E-state index contributed by atoms with van der Waals surface area (Å²) in [5.41, 5.74) is 0. The Morgan fingerprint density at radius 2 is 0.452 bits per heavy atom. The molecule has 0 saturated heterocycles. The molecule has 0 aliphatic carbocycles. The first-order chi connectivity index (χ1) is 15.2. The lowest BCUT2D eigenvalue weighted by molar-refractivity contribution is 0.602. The van der Waals surface area contributed by atoms with Crippen molar-refractivity contribution in [3.8, 4) is 0 Å². The van der Waals surface area contributed by atoms with Gasteiger partial charge in [0.2, 0.25) is 0 Å². The summed E-state index contributed by atoms with van der Waals surface area (Å²) >= 11 is 0. The van der Waals surface area contributed by atoms with Crippen molar-refractivity contribution in [1.29, 1.82) is 0 Å². The van der Waals surface area contributed by atoms with E-state index in [-0.39, 0.29) is 0 Å². The second kappa shape index (κ2) is 24.9. The lowest BCUT2D eigenvalue weighted by Crippen LogP contribution is -2.34. The van der Waals surface area contributed by atoms with Gasteiger partial charge in [-0.1, -0.05) is 193 Å². The van der Waals surface area contributed by atoms with Crippen LogP contribution in [0, 0.1) is 0 Å². The van der Waals surface area contributed by atoms with Crippen LogP contribution in [0.3, 0.4) is 0 Å². The maximum atomic E-state index is 2.37. The van der Waals surface area contributed by atoms with Gasteiger partial charge in [0.05, 0.1) is 8.07 Å². The van der Waals surface area contributed by atoms with Crippen LogP contribution in [-0.2, 0) is 0 Å². The largest absolute Gasteiger partial charge is 0.0654 e. The first-order valence-electron chi connectivity index (χ1n) is 15.2. The van der Waals surface area contributed by atoms with E-state index in [0.29, 0.717) is 0 Å². The van der Waals surface area contributed by atoms with Gasteiger partial charge < -0.3 is 0 Å². The van der Waals surface area contributed by atoms with Crippen LogP contribution in [0.4, 0.5) is 0 Å². The summed E-state index contributed by atoms with van der Waals surface area (Å²) in [6.45, 7) is 9.40. The summed E-state index contributed by atoms with van der Waals surface area (Å²) in [5.74, 6) is 0. The van der Waals surface area contributed by atoms with Gasteiger partial charge in [-0.3, -0.25) is 0 Å². The summed E-state index contributed by atoms with van der Waals surface area (Å²) in [6, 6.07) is 6.70. The Kier molecular flexibility index (Phi) is 25.0. The maximum Gasteiger partial charge on any atom is 0.0535 e. The molecule has 1 heteroatoms. The van der Waals surface area contributed by atoms with Crippen LogP contribution in [0.15, 0.2) is 0 Å². The predicted octanol–water partition coefficient (Wildman–Crippen LogP) is 12.1. The summed E-state index contributed by atoms with van der Waals surface area (Å²) in [6.07, 6.45) is 32.6. The second-order valence-corrected chi connectivity index (χ2v) is 15.9. The van der Waals surface area contributed by atoms with Crippen LogP contribution in [0.1, 0.15) is 169 Å². The van der Waals surface area contributed by atoms with Crippen molar-refractivity contribution in [2.75, 3.05) is 0 Å². The highest BCUT2D eigenvalue weighted by molar-refractivity contribution is 6.79. The fourth-order valence-electron chi connectivity index (χ4n) is 5.52. The summed E-state index contributed by atoms with van der Waals surface area (Å²) in [4.78, 5) is 0. The molecule has 31 heavy (non-hydrogen) atoms. The molecule has 0 aromatic heterocycles. The molecule has 0 fully saturated rings. The van der Waals surface area contributed by atoms with Crippen molar-refractivity contribution in [1.82, 2.24) is 0 Å². The lowest BCUT2D eigenvalue weighted by Gasteiger charge is -2.33. The zero-order valence-corrected chi connectivity index (χ0v) is 23.9. The minimum absolute atomic E-state index is 1.05. The second-order valence-electron chi connectivity index (χ2n) is 10.9. The molecular formula is C30H64Si. The third-order valence-electron chi connectivity index (χ3n) is 7.74. The van der Waals surface area contributed by atoms with Crippen molar-refractivity contribution < 1.29 is 0 Å². The van der Waals surface area contributed by atoms with Crippen LogP contribution in [0.5, 0.6) is 0 Å². The van der Waals surface area contributed by atoms with E-state index in [1.807, 2.05) is 0 Å². The zero-order valence-electron chi connectivity index (χ0n) is 22.9. The van der Waals surface area contributed by atoms with Crippen LogP contribution < -0.4 is 0 Å². The minimum Gasteiger partial charge on any atom is -0.0654 e. The van der Waals surface area contributed by atoms with E-state index in [9.17, 15) is 0 Å². The van der Waals surface area contributed by atoms with E-state index in [2.05, 4.69) is 27.7 Å². The molecule has 0 N–H and O–H groups in total. The molecular weight excluding hydrogens is 388 g/mol. The third kappa shape index (κ3) is 20.5. The quantitative estimate of drug-likeness (QED) is 0.0903. The number of hydrogen-bond acceptors (Lipinski definition) is 0. The molecule has 0 rings (SSSR count). The van der Waals surface area contributed by atoms with Gasteiger partial charge in [0.1, 0.15) is 0 Å². The Hall–Kier alpha value is 0.217. The van der Waals surface area contributed by atoms with Gasteiger partial charge in [-0.05, 0) is 0 Å². The Balaban J connectivity index is 4.68. The Labute approximate surface area is 201 Å². The number of unbranched alkanes of at least 4 members (excludes halogenated alkanes) is 18. The summed E-state index contributed by atoms with van der Waals surface area (Å²) in [5, 5.41) is 0. The van der Waals surface area contributed by atoms with Gasteiger partial charge in [-0.25, -0.2) is 0 Å². The van der Waals surface area contributed by atoms with Crippen molar-refractivity contribution >= 4 is 8.07 Å². The fraction of sp³-hybridized carbons (Fsp3) is 1.00. The zero-order chi connectivity index (χ0) is 22.9. The molecule has 0 unspecified atom stereocenters. The van der Waals surface area contributed by atoms with Crippen molar-refractivity contribution in [2.45, 2.75) is 193 Å². The first kappa shape index (κ1) is 31.2. The molecule has 188 valence electrons. The van der Waals surface area contributed by atoms with Gasteiger partial charge in [-0.2, -0.15) is 0 Å². The average molecular weight is 453 g/mol. The molecule has 0 aliphatic rings. The van der Waals surface area contributed by atoms with E-state index in [4.69, 9.17) is 0 Å². The molecule has 0 aliphatic heterocycles. The van der Waals surface area contributed by atoms with Gasteiger partial charge in [-0.15, -0.1) is 0 Å². The number of rotatable bonds is 26. The first-order valence-corrected chi connectivity index (χ1v) is 18.1. The molecule has 0 radical (unpaired) electrons. The third-order valence-corrected chi connectivity index (χ3v) is 13.4. The smallest absolute Gasteiger partial charge is 0.0535 e. The van der Waals surface area contributed by atoms with E-state index in [1.165, 1.54) is 116 Å². The Bertz CT molecular complexity index is 284. The van der Waals surface area contributed by atoms with Crippen molar-refractivity contribution in [3.63, 3.8) is 0 Å². The predicted molar refractivity (Wildman–Crippen MR) is 149 cm³/mol. The van der Waals surface area contributed by atoms with Crippen LogP contribution >= 0.6 is 0 Å². The average Bonchev–Trinajstić information content (AvgIpc) is 2.78. The standard InChI is InChI=1S/C30H64Si/c1-5-9-13-17-20-24-28-31(27-23-16-12-8-4,29-25-21-18-14-10-6-2)30-26-22-19-15-11-7-3/h5-30H2,1-4H3. The number of hydrogen-bond donors (Lipinski definition) is 0. The van der Waals surface area contributed by atoms with Gasteiger partial charge in [0.15, 0.2) is 0 Å². The van der Waals surface area contributed by atoms with Gasteiger partial charge in [0, 0.05) is 0 Å². The van der Waals surface area contributed by atoms with E-state index in [1.54, 1.807) is 49.9 Å². The minimum atomic E-state index is -1.05. The SMILES string of the molecule is CCCCCCCC[Si](CCCCCC)(CCCCCCCC)CCCCCCCC. The van der Waals surface area contributed by atoms with Crippen LogP contribution in [0.25, 0.3) is 0 Å². The Morgan fingerprint density at radius 3 is 0.710 bits per heavy atom. The van der Waals surface area contributed by atoms with Gasteiger partial charge in [0.25, 0.3) is 0 Å². The highest BCUT2D eigenvalue weighted by Crippen LogP contribution is 2.35. The normalized spacial score (nSPS) is 12.0. The lowest BCUT2D eigenvalue weighted by atomic mass is 10.1. The highest BCUT2D eigenvalue weighted by atomic mass is 28.3. The van der Waals surface area contributed by atoms with E-state index in [0.717, 1.165) is 0 Å². The van der Waals surface area contributed by atoms with Crippen molar-refractivity contribution in [2.24, 2.45) is 0 Å². The fourth-order valence-corrected chi connectivity index (χ4v) is 11.0. The molecule has 0 saturated carbocycles. The maximum absolute atomic E-state index is 2.37. The monoisotopic (exact) mass is 452 g/mol. The molecule has 0 amide bonds. The van der Waals surface area contributed by atoms with Crippen molar-refractivity contribution in [3.05, 3.63) is 0 Å². The molecule has 0 bridgehead atoms. The van der Waals surface area contributed by atoms with E-state index < -0.39 is 8.07 Å². The molecule has 0 nitrogen and oxygen atoms in total. The molecule has 0 atom stereocenters. The van der Waals surface area contributed by atoms with E-state index >= 15 is 0 Å². The topological polar surface area (TPSA) is 0 Å². The highest BCUT2D eigenvalue weighted by Gasteiger charge is 2.30. The molecule has 0 heterocycles. The van der Waals surface area contributed by atoms with Crippen LogP contribution in [-0.4, -0.2) is 8.07 Å². The summed E-state index contributed by atoms with van der Waals surface area (Å²) in [7, 11) is -1.05. The molecule has 0 aromatic rings. The summed E-state index contributed by atoms with van der Waals surface area (Å²) < 4.78 is 0. The molecule has 0 aromatic carbocycles. The molecule has 0 spiro atoms. The Morgan fingerprint density at radius 1 is 0.258 bits per heavy atom. The van der Waals surface area contributed by atoms with Gasteiger partial charge >= 0.3 is 0 Å². The van der Waals surface area contributed by atoms with Crippen LogP contribution in [0.2, 0.25) is 24.2 Å².